The largest absolute Gasteiger partial charge is 0.340 e. The molecule has 1 atom stereocenters. The van der Waals surface area contributed by atoms with Crippen LogP contribution in [0, 0.1) is 0 Å². The van der Waals surface area contributed by atoms with Crippen LogP contribution < -0.4 is 5.32 Å². The highest BCUT2D eigenvalue weighted by molar-refractivity contribution is 5.87. The standard InChI is InChI=1S/C17H20N2O.ClH/c1-13(17(20)19-10-8-18-9-11-19)15-7-6-14-4-2-3-5-16(14)12-15;/h2-7,12-13,18H,8-11H2,1H3;1H. The number of carbonyl (C=O) groups is 1. The molecule has 0 aliphatic carbocycles. The van der Waals surface area contributed by atoms with Gasteiger partial charge >= 0.3 is 0 Å². The Labute approximate surface area is 131 Å². The number of carbonyl (C=O) groups excluding carboxylic acids is 1. The Morgan fingerprint density at radius 2 is 1.76 bits per heavy atom. The summed E-state index contributed by atoms with van der Waals surface area (Å²) >= 11 is 0. The van der Waals surface area contributed by atoms with Crippen LogP contribution in [0.15, 0.2) is 42.5 Å². The summed E-state index contributed by atoms with van der Waals surface area (Å²) in [5, 5.41) is 5.70. The first-order valence-electron chi connectivity index (χ1n) is 7.24. The Bertz CT molecular complexity index is 623. The van der Waals surface area contributed by atoms with E-state index in [1.54, 1.807) is 0 Å². The van der Waals surface area contributed by atoms with E-state index in [9.17, 15) is 4.79 Å². The minimum absolute atomic E-state index is 0. The molecule has 1 fully saturated rings. The molecule has 2 aromatic carbocycles. The van der Waals surface area contributed by atoms with Gasteiger partial charge in [0.15, 0.2) is 0 Å². The summed E-state index contributed by atoms with van der Waals surface area (Å²) in [6.07, 6.45) is 0. The summed E-state index contributed by atoms with van der Waals surface area (Å²) in [4.78, 5) is 14.5. The van der Waals surface area contributed by atoms with Crippen molar-refractivity contribution in [1.82, 2.24) is 10.2 Å². The van der Waals surface area contributed by atoms with Crippen LogP contribution in [-0.2, 0) is 4.79 Å². The zero-order valence-corrected chi connectivity index (χ0v) is 13.0. The SMILES string of the molecule is CC(C(=O)N1CCNCC1)c1ccc2ccccc2c1.Cl. The van der Waals surface area contributed by atoms with Gasteiger partial charge in [-0.1, -0.05) is 42.5 Å². The lowest BCUT2D eigenvalue weighted by Gasteiger charge is -2.30. The molecule has 112 valence electrons. The maximum atomic E-state index is 12.5. The Kier molecular flexibility index (Phi) is 5.21. The van der Waals surface area contributed by atoms with E-state index in [-0.39, 0.29) is 24.2 Å². The predicted molar refractivity (Wildman–Crippen MR) is 89.1 cm³/mol. The van der Waals surface area contributed by atoms with Gasteiger partial charge in [0.1, 0.15) is 0 Å². The van der Waals surface area contributed by atoms with Crippen LogP contribution in [0.3, 0.4) is 0 Å². The van der Waals surface area contributed by atoms with Gasteiger partial charge in [-0.05, 0) is 23.3 Å². The van der Waals surface area contributed by atoms with Crippen molar-refractivity contribution in [3.63, 3.8) is 0 Å². The number of benzene rings is 2. The molecule has 0 spiro atoms. The number of amides is 1. The fourth-order valence-corrected chi connectivity index (χ4v) is 2.78. The van der Waals surface area contributed by atoms with Crippen molar-refractivity contribution in [2.24, 2.45) is 0 Å². The van der Waals surface area contributed by atoms with Crippen molar-refractivity contribution in [2.45, 2.75) is 12.8 Å². The smallest absolute Gasteiger partial charge is 0.229 e. The maximum Gasteiger partial charge on any atom is 0.229 e. The third-order valence-electron chi connectivity index (χ3n) is 4.07. The molecule has 1 aliphatic heterocycles. The topological polar surface area (TPSA) is 32.3 Å². The van der Waals surface area contributed by atoms with Gasteiger partial charge < -0.3 is 10.2 Å². The molecule has 3 rings (SSSR count). The number of rotatable bonds is 2. The van der Waals surface area contributed by atoms with Crippen molar-refractivity contribution in [3.8, 4) is 0 Å². The second kappa shape index (κ2) is 6.92. The van der Waals surface area contributed by atoms with Gasteiger partial charge in [0, 0.05) is 26.2 Å². The van der Waals surface area contributed by atoms with Gasteiger partial charge in [-0.2, -0.15) is 0 Å². The predicted octanol–water partition coefficient (Wildman–Crippen LogP) is 2.80. The molecule has 1 heterocycles. The zero-order chi connectivity index (χ0) is 13.9. The fraction of sp³-hybridized carbons (Fsp3) is 0.353. The molecule has 21 heavy (non-hydrogen) atoms. The minimum Gasteiger partial charge on any atom is -0.340 e. The summed E-state index contributed by atoms with van der Waals surface area (Å²) in [5.41, 5.74) is 1.10. The molecule has 2 aromatic rings. The lowest BCUT2D eigenvalue weighted by Crippen LogP contribution is -2.47. The number of piperazine rings is 1. The van der Waals surface area contributed by atoms with Crippen LogP contribution in [0.5, 0.6) is 0 Å². The van der Waals surface area contributed by atoms with Gasteiger partial charge in [0.2, 0.25) is 5.91 Å². The highest BCUT2D eigenvalue weighted by atomic mass is 35.5. The average molecular weight is 305 g/mol. The summed E-state index contributed by atoms with van der Waals surface area (Å²) in [7, 11) is 0. The average Bonchev–Trinajstić information content (AvgIpc) is 2.54. The van der Waals surface area contributed by atoms with E-state index in [1.165, 1.54) is 10.8 Å². The summed E-state index contributed by atoms with van der Waals surface area (Å²) in [5.74, 6) is 0.166. The fourth-order valence-electron chi connectivity index (χ4n) is 2.78. The molecule has 1 aliphatic rings. The van der Waals surface area contributed by atoms with E-state index < -0.39 is 0 Å². The van der Waals surface area contributed by atoms with Crippen molar-refractivity contribution >= 4 is 29.1 Å². The third kappa shape index (κ3) is 3.36. The van der Waals surface area contributed by atoms with Gasteiger partial charge in [-0.15, -0.1) is 12.4 Å². The zero-order valence-electron chi connectivity index (χ0n) is 12.2. The van der Waals surface area contributed by atoms with Crippen molar-refractivity contribution < 1.29 is 4.79 Å². The van der Waals surface area contributed by atoms with Crippen molar-refractivity contribution in [2.75, 3.05) is 26.2 Å². The third-order valence-corrected chi connectivity index (χ3v) is 4.07. The van der Waals surface area contributed by atoms with Gasteiger partial charge in [-0.25, -0.2) is 0 Å². The van der Waals surface area contributed by atoms with Gasteiger partial charge in [0.25, 0.3) is 0 Å². The van der Waals surface area contributed by atoms with Crippen LogP contribution >= 0.6 is 12.4 Å². The van der Waals surface area contributed by atoms with Gasteiger partial charge in [-0.3, -0.25) is 4.79 Å². The number of halogens is 1. The Hall–Kier alpha value is -1.58. The van der Waals surface area contributed by atoms with E-state index in [4.69, 9.17) is 0 Å². The second-order valence-corrected chi connectivity index (χ2v) is 5.40. The Morgan fingerprint density at radius 1 is 1.10 bits per heavy atom. The lowest BCUT2D eigenvalue weighted by molar-refractivity contribution is -0.133. The van der Waals surface area contributed by atoms with Gasteiger partial charge in [0.05, 0.1) is 5.92 Å². The maximum absolute atomic E-state index is 12.5. The molecule has 3 nitrogen and oxygen atoms in total. The van der Waals surface area contributed by atoms with Crippen LogP contribution in [0.4, 0.5) is 0 Å². The lowest BCUT2D eigenvalue weighted by atomic mass is 9.96. The van der Waals surface area contributed by atoms with Crippen LogP contribution in [-0.4, -0.2) is 37.0 Å². The Morgan fingerprint density at radius 3 is 2.48 bits per heavy atom. The Balaban J connectivity index is 0.00000161. The molecule has 1 unspecified atom stereocenters. The van der Waals surface area contributed by atoms with Crippen molar-refractivity contribution in [3.05, 3.63) is 48.0 Å². The molecule has 1 N–H and O–H groups in total. The second-order valence-electron chi connectivity index (χ2n) is 5.40. The van der Waals surface area contributed by atoms with E-state index in [0.29, 0.717) is 0 Å². The normalized spacial score (nSPS) is 16.3. The molecule has 1 amide bonds. The van der Waals surface area contributed by atoms with Crippen LogP contribution in [0.2, 0.25) is 0 Å². The van der Waals surface area contributed by atoms with E-state index in [0.717, 1.165) is 31.7 Å². The molecule has 4 heteroatoms. The summed E-state index contributed by atoms with van der Waals surface area (Å²) in [6, 6.07) is 14.6. The first-order chi connectivity index (χ1) is 9.75. The first-order valence-corrected chi connectivity index (χ1v) is 7.24. The molecule has 0 saturated carbocycles. The van der Waals surface area contributed by atoms with E-state index in [1.807, 2.05) is 24.0 Å². The molecular formula is C17H21ClN2O. The quantitative estimate of drug-likeness (QED) is 0.925. The molecule has 0 aromatic heterocycles. The molecule has 0 bridgehead atoms. The first kappa shape index (κ1) is 15.8. The van der Waals surface area contributed by atoms with E-state index in [2.05, 4.69) is 35.6 Å². The number of nitrogens with one attached hydrogen (secondary N) is 1. The highest BCUT2D eigenvalue weighted by Crippen LogP contribution is 2.23. The molecular weight excluding hydrogens is 284 g/mol. The highest BCUT2D eigenvalue weighted by Gasteiger charge is 2.23. The number of fused-ring (bicyclic) bond motifs is 1. The number of hydrogen-bond donors (Lipinski definition) is 1. The van der Waals surface area contributed by atoms with Crippen LogP contribution in [0.1, 0.15) is 18.4 Å². The minimum atomic E-state index is -0.0716. The van der Waals surface area contributed by atoms with Crippen LogP contribution in [0.25, 0.3) is 10.8 Å². The monoisotopic (exact) mass is 304 g/mol. The van der Waals surface area contributed by atoms with E-state index >= 15 is 0 Å². The summed E-state index contributed by atoms with van der Waals surface area (Å²) in [6.45, 7) is 5.44. The van der Waals surface area contributed by atoms with Crippen molar-refractivity contribution in [1.29, 1.82) is 0 Å². The molecule has 0 radical (unpaired) electrons. The molecule has 1 saturated heterocycles. The number of nitrogens with zero attached hydrogens (tertiary/aromatic N) is 1. The number of hydrogen-bond acceptors (Lipinski definition) is 2. The summed E-state index contributed by atoms with van der Waals surface area (Å²) < 4.78 is 0.